The van der Waals surface area contributed by atoms with Gasteiger partial charge in [0.05, 0.1) is 10.7 Å². The molecule has 0 amide bonds. The van der Waals surface area contributed by atoms with Crippen LogP contribution in [0.4, 0.5) is 0 Å². The normalized spacial score (nSPS) is 22.5. The summed E-state index contributed by atoms with van der Waals surface area (Å²) in [6.45, 7) is 4.03. The van der Waals surface area contributed by atoms with Crippen molar-refractivity contribution in [1.82, 2.24) is 10.3 Å². The van der Waals surface area contributed by atoms with Gasteiger partial charge in [0.2, 0.25) is 0 Å². The first-order valence-corrected chi connectivity index (χ1v) is 6.84. The first-order valence-electron chi connectivity index (χ1n) is 5.96. The first-order chi connectivity index (χ1) is 7.78. The third kappa shape index (κ3) is 3.27. The van der Waals surface area contributed by atoms with Crippen LogP contribution >= 0.6 is 11.3 Å². The van der Waals surface area contributed by atoms with E-state index in [1.54, 1.807) is 11.3 Å². The minimum Gasteiger partial charge on any atom is -0.381 e. The van der Waals surface area contributed by atoms with E-state index in [1.165, 1.54) is 17.1 Å². The molecule has 2 unspecified atom stereocenters. The molecule has 1 aliphatic rings. The molecule has 0 aromatic carbocycles. The lowest BCUT2D eigenvalue weighted by Gasteiger charge is -2.07. The molecule has 1 saturated heterocycles. The molecule has 1 aliphatic heterocycles. The highest BCUT2D eigenvalue weighted by Crippen LogP contribution is 2.21. The van der Waals surface area contributed by atoms with Gasteiger partial charge in [0, 0.05) is 37.5 Å². The molecule has 16 heavy (non-hydrogen) atoms. The number of thiazole rings is 1. The van der Waals surface area contributed by atoms with Gasteiger partial charge in [-0.1, -0.05) is 0 Å². The quantitative estimate of drug-likeness (QED) is 0.853. The van der Waals surface area contributed by atoms with Crippen LogP contribution in [0.2, 0.25) is 0 Å². The van der Waals surface area contributed by atoms with Crippen LogP contribution in [0, 0.1) is 5.92 Å². The van der Waals surface area contributed by atoms with Gasteiger partial charge in [0.15, 0.2) is 0 Å². The standard InChI is InChI=1S/C12H20N2OS/c1-9(13-2)5-11-8-16-12(14-11)6-10-3-4-15-7-10/h8-10,13H,3-7H2,1-2H3. The molecule has 90 valence electrons. The van der Waals surface area contributed by atoms with Crippen molar-refractivity contribution in [3.8, 4) is 0 Å². The summed E-state index contributed by atoms with van der Waals surface area (Å²) in [5.41, 5.74) is 1.22. The van der Waals surface area contributed by atoms with Crippen LogP contribution in [-0.4, -0.2) is 31.3 Å². The van der Waals surface area contributed by atoms with Gasteiger partial charge in [-0.05, 0) is 26.3 Å². The summed E-state index contributed by atoms with van der Waals surface area (Å²) < 4.78 is 5.38. The van der Waals surface area contributed by atoms with Crippen LogP contribution in [-0.2, 0) is 17.6 Å². The second kappa shape index (κ2) is 5.75. The molecule has 2 atom stereocenters. The van der Waals surface area contributed by atoms with Gasteiger partial charge in [-0.2, -0.15) is 0 Å². The van der Waals surface area contributed by atoms with Gasteiger partial charge in [0.25, 0.3) is 0 Å². The summed E-state index contributed by atoms with van der Waals surface area (Å²) in [5.74, 6) is 0.695. The molecule has 1 N–H and O–H groups in total. The molecule has 2 heterocycles. The van der Waals surface area contributed by atoms with E-state index < -0.39 is 0 Å². The molecule has 0 aliphatic carbocycles. The number of hydrogen-bond donors (Lipinski definition) is 1. The van der Waals surface area contributed by atoms with E-state index in [0.29, 0.717) is 12.0 Å². The number of aromatic nitrogens is 1. The van der Waals surface area contributed by atoms with Gasteiger partial charge in [-0.25, -0.2) is 4.98 Å². The molecule has 1 aromatic heterocycles. The Hall–Kier alpha value is -0.450. The van der Waals surface area contributed by atoms with Crippen molar-refractivity contribution >= 4 is 11.3 Å². The maximum Gasteiger partial charge on any atom is 0.0931 e. The molecule has 0 bridgehead atoms. The molecule has 0 spiro atoms. The predicted molar refractivity (Wildman–Crippen MR) is 67.0 cm³/mol. The van der Waals surface area contributed by atoms with Gasteiger partial charge >= 0.3 is 0 Å². The van der Waals surface area contributed by atoms with Gasteiger partial charge in [-0.15, -0.1) is 11.3 Å². The average Bonchev–Trinajstić information content (AvgIpc) is 2.91. The topological polar surface area (TPSA) is 34.1 Å². The molecule has 3 nitrogen and oxygen atoms in total. The van der Waals surface area contributed by atoms with Crippen LogP contribution in [0.15, 0.2) is 5.38 Å². The summed E-state index contributed by atoms with van der Waals surface area (Å²) in [4.78, 5) is 4.68. The number of hydrogen-bond acceptors (Lipinski definition) is 4. The van der Waals surface area contributed by atoms with Gasteiger partial charge in [0.1, 0.15) is 0 Å². The van der Waals surface area contributed by atoms with E-state index in [4.69, 9.17) is 4.74 Å². The van der Waals surface area contributed by atoms with Crippen LogP contribution in [0.3, 0.4) is 0 Å². The maximum absolute atomic E-state index is 5.38. The summed E-state index contributed by atoms with van der Waals surface area (Å²) in [6.07, 6.45) is 3.31. The highest BCUT2D eigenvalue weighted by molar-refractivity contribution is 7.09. The fraction of sp³-hybridized carbons (Fsp3) is 0.750. The smallest absolute Gasteiger partial charge is 0.0931 e. The molecule has 1 aromatic rings. The second-order valence-corrected chi connectivity index (χ2v) is 5.50. The van der Waals surface area contributed by atoms with Crippen LogP contribution in [0.25, 0.3) is 0 Å². The van der Waals surface area contributed by atoms with Crippen molar-refractivity contribution in [1.29, 1.82) is 0 Å². The van der Waals surface area contributed by atoms with E-state index >= 15 is 0 Å². The van der Waals surface area contributed by atoms with Crippen molar-refractivity contribution in [2.45, 2.75) is 32.2 Å². The van der Waals surface area contributed by atoms with E-state index in [2.05, 4.69) is 22.6 Å². The number of likely N-dealkylation sites (N-methyl/N-ethyl adjacent to an activating group) is 1. The molecule has 0 radical (unpaired) electrons. The zero-order valence-electron chi connectivity index (χ0n) is 10.0. The molecule has 0 saturated carbocycles. The highest BCUT2D eigenvalue weighted by Gasteiger charge is 2.17. The Morgan fingerprint density at radius 2 is 2.56 bits per heavy atom. The summed E-state index contributed by atoms with van der Waals surface area (Å²) in [6, 6.07) is 0.504. The lowest BCUT2D eigenvalue weighted by atomic mass is 10.1. The third-order valence-corrected chi connectivity index (χ3v) is 4.01. The second-order valence-electron chi connectivity index (χ2n) is 4.56. The zero-order chi connectivity index (χ0) is 11.4. The summed E-state index contributed by atoms with van der Waals surface area (Å²) >= 11 is 1.79. The Morgan fingerprint density at radius 1 is 1.69 bits per heavy atom. The van der Waals surface area contributed by atoms with Crippen LogP contribution in [0.5, 0.6) is 0 Å². The van der Waals surface area contributed by atoms with Crippen molar-refractivity contribution in [2.75, 3.05) is 20.3 Å². The first kappa shape index (κ1) is 12.0. The van der Waals surface area contributed by atoms with E-state index in [1.807, 2.05) is 7.05 Å². The molecule has 1 fully saturated rings. The summed E-state index contributed by atoms with van der Waals surface area (Å²) in [5, 5.41) is 6.71. The largest absolute Gasteiger partial charge is 0.381 e. The number of ether oxygens (including phenoxy) is 1. The maximum atomic E-state index is 5.38. The minimum atomic E-state index is 0.504. The zero-order valence-corrected chi connectivity index (χ0v) is 10.8. The Balaban J connectivity index is 1.86. The van der Waals surface area contributed by atoms with Crippen molar-refractivity contribution in [3.63, 3.8) is 0 Å². The monoisotopic (exact) mass is 240 g/mol. The lowest BCUT2D eigenvalue weighted by Crippen LogP contribution is -2.23. The fourth-order valence-electron chi connectivity index (χ4n) is 1.94. The molecular weight excluding hydrogens is 220 g/mol. The van der Waals surface area contributed by atoms with Crippen LogP contribution < -0.4 is 5.32 Å². The molecule has 2 rings (SSSR count). The molecular formula is C12H20N2OS. The van der Waals surface area contributed by atoms with Gasteiger partial charge < -0.3 is 10.1 Å². The van der Waals surface area contributed by atoms with E-state index in [-0.39, 0.29) is 0 Å². The van der Waals surface area contributed by atoms with Crippen molar-refractivity contribution in [2.24, 2.45) is 5.92 Å². The van der Waals surface area contributed by atoms with Gasteiger partial charge in [-0.3, -0.25) is 0 Å². The minimum absolute atomic E-state index is 0.504. The fourth-order valence-corrected chi connectivity index (χ4v) is 2.87. The molecule has 4 heteroatoms. The van der Waals surface area contributed by atoms with Crippen molar-refractivity contribution < 1.29 is 4.74 Å². The number of rotatable bonds is 5. The lowest BCUT2D eigenvalue weighted by molar-refractivity contribution is 0.186. The highest BCUT2D eigenvalue weighted by atomic mass is 32.1. The van der Waals surface area contributed by atoms with Crippen LogP contribution in [0.1, 0.15) is 24.0 Å². The number of nitrogens with one attached hydrogen (secondary N) is 1. The van der Waals surface area contributed by atoms with Crippen molar-refractivity contribution in [3.05, 3.63) is 16.1 Å². The Kier molecular flexibility index (Phi) is 4.32. The number of nitrogens with zero attached hydrogens (tertiary/aromatic N) is 1. The average molecular weight is 240 g/mol. The Labute approximate surface area is 101 Å². The Morgan fingerprint density at radius 3 is 3.25 bits per heavy atom. The predicted octanol–water partition coefficient (Wildman–Crippen LogP) is 1.87. The van der Waals surface area contributed by atoms with E-state index in [9.17, 15) is 0 Å². The summed E-state index contributed by atoms with van der Waals surface area (Å²) in [7, 11) is 1.99. The Bertz CT molecular complexity index is 321. The van der Waals surface area contributed by atoms with E-state index in [0.717, 1.165) is 26.1 Å². The third-order valence-electron chi connectivity index (χ3n) is 3.09. The SMILES string of the molecule is CNC(C)Cc1csc(CC2CCOC2)n1.